The van der Waals surface area contributed by atoms with Crippen LogP contribution in [0.5, 0.6) is 0 Å². The van der Waals surface area contributed by atoms with Gasteiger partial charge in [-0.05, 0) is 65.6 Å². The van der Waals surface area contributed by atoms with Crippen molar-refractivity contribution in [2.24, 2.45) is 10.9 Å². The molecule has 0 aliphatic carbocycles. The van der Waals surface area contributed by atoms with Crippen LogP contribution in [0.1, 0.15) is 39.5 Å². The normalized spacial score (nSPS) is 17.1. The Hall–Kier alpha value is -0.0800. The topological polar surface area (TPSA) is 48.9 Å². The third-order valence-electron chi connectivity index (χ3n) is 3.95. The van der Waals surface area contributed by atoms with Gasteiger partial charge in [-0.1, -0.05) is 0 Å². The molecule has 22 heavy (non-hydrogen) atoms. The number of guanidine groups is 1. The molecular formula is C16H35IN4O. The zero-order chi connectivity index (χ0) is 15.3. The van der Waals surface area contributed by atoms with Gasteiger partial charge in [0.1, 0.15) is 0 Å². The molecule has 1 saturated heterocycles. The highest BCUT2D eigenvalue weighted by Crippen LogP contribution is 2.18. The molecule has 1 aliphatic heterocycles. The van der Waals surface area contributed by atoms with Crippen LogP contribution in [0.2, 0.25) is 0 Å². The first-order chi connectivity index (χ1) is 10.3. The lowest BCUT2D eigenvalue weighted by molar-refractivity contribution is 0.146. The Morgan fingerprint density at radius 2 is 1.95 bits per heavy atom. The summed E-state index contributed by atoms with van der Waals surface area (Å²) in [6.07, 6.45) is 4.90. The van der Waals surface area contributed by atoms with E-state index in [9.17, 15) is 0 Å². The Morgan fingerprint density at radius 3 is 2.59 bits per heavy atom. The molecule has 0 saturated carbocycles. The van der Waals surface area contributed by atoms with E-state index in [2.05, 4.69) is 34.5 Å². The van der Waals surface area contributed by atoms with Gasteiger partial charge in [-0.2, -0.15) is 0 Å². The molecule has 6 heteroatoms. The minimum Gasteiger partial charge on any atom is -0.382 e. The molecule has 2 N–H and O–H groups in total. The standard InChI is InChI=1S/C16H34N4O.HI/c1-4-17-16(18-10-6-14-21-5-2)19-11-7-15-8-12-20(3)13-9-15;/h15H,4-14H2,1-3H3,(H2,17,18,19);1H. The molecule has 0 radical (unpaired) electrons. The van der Waals surface area contributed by atoms with E-state index < -0.39 is 0 Å². The zero-order valence-corrected chi connectivity index (χ0v) is 16.9. The van der Waals surface area contributed by atoms with Gasteiger partial charge in [-0.3, -0.25) is 4.99 Å². The summed E-state index contributed by atoms with van der Waals surface area (Å²) in [7, 11) is 2.21. The fourth-order valence-electron chi connectivity index (χ4n) is 2.59. The fourth-order valence-corrected chi connectivity index (χ4v) is 2.59. The van der Waals surface area contributed by atoms with Crippen LogP contribution in [0.25, 0.3) is 0 Å². The van der Waals surface area contributed by atoms with Gasteiger partial charge in [-0.15, -0.1) is 24.0 Å². The number of hydrogen-bond acceptors (Lipinski definition) is 3. The van der Waals surface area contributed by atoms with Crippen molar-refractivity contribution in [1.82, 2.24) is 15.5 Å². The van der Waals surface area contributed by atoms with Crippen molar-refractivity contribution in [2.75, 3.05) is 53.0 Å². The smallest absolute Gasteiger partial charge is 0.191 e. The summed E-state index contributed by atoms with van der Waals surface area (Å²) in [4.78, 5) is 7.01. The van der Waals surface area contributed by atoms with E-state index in [0.29, 0.717) is 0 Å². The largest absolute Gasteiger partial charge is 0.382 e. The third kappa shape index (κ3) is 10.6. The number of rotatable bonds is 9. The number of aliphatic imine (C=N–C) groups is 1. The first-order valence-corrected chi connectivity index (χ1v) is 8.54. The van der Waals surface area contributed by atoms with Gasteiger partial charge in [0, 0.05) is 32.8 Å². The van der Waals surface area contributed by atoms with Gasteiger partial charge in [0.2, 0.25) is 0 Å². The summed E-state index contributed by atoms with van der Waals surface area (Å²) in [5.41, 5.74) is 0. The van der Waals surface area contributed by atoms with Crippen LogP contribution in [0.3, 0.4) is 0 Å². The second-order valence-corrected chi connectivity index (χ2v) is 5.77. The maximum Gasteiger partial charge on any atom is 0.191 e. The van der Waals surface area contributed by atoms with Crippen LogP contribution in [0.4, 0.5) is 0 Å². The van der Waals surface area contributed by atoms with E-state index >= 15 is 0 Å². The van der Waals surface area contributed by atoms with Gasteiger partial charge in [0.15, 0.2) is 5.96 Å². The van der Waals surface area contributed by atoms with Crippen molar-refractivity contribution in [2.45, 2.75) is 39.5 Å². The molecule has 132 valence electrons. The summed E-state index contributed by atoms with van der Waals surface area (Å²) in [6.45, 7) is 11.0. The van der Waals surface area contributed by atoms with Crippen LogP contribution in [0.15, 0.2) is 4.99 Å². The molecule has 1 aliphatic rings. The fraction of sp³-hybridized carbons (Fsp3) is 0.938. The third-order valence-corrected chi connectivity index (χ3v) is 3.95. The second-order valence-electron chi connectivity index (χ2n) is 5.77. The molecule has 0 spiro atoms. The maximum atomic E-state index is 5.33. The molecule has 0 bridgehead atoms. The predicted octanol–water partition coefficient (Wildman–Crippen LogP) is 2.32. The highest BCUT2D eigenvalue weighted by atomic mass is 127. The SMILES string of the molecule is CCNC(=NCCCOCC)NCCC1CCN(C)CC1.I. The zero-order valence-electron chi connectivity index (χ0n) is 14.6. The van der Waals surface area contributed by atoms with Crippen molar-refractivity contribution >= 4 is 29.9 Å². The highest BCUT2D eigenvalue weighted by molar-refractivity contribution is 14.0. The number of hydrogen-bond donors (Lipinski definition) is 2. The van der Waals surface area contributed by atoms with Crippen LogP contribution >= 0.6 is 24.0 Å². The van der Waals surface area contributed by atoms with Gasteiger partial charge < -0.3 is 20.3 Å². The van der Waals surface area contributed by atoms with Crippen LogP contribution in [-0.2, 0) is 4.74 Å². The van der Waals surface area contributed by atoms with Crippen molar-refractivity contribution in [1.29, 1.82) is 0 Å². The quantitative estimate of drug-likeness (QED) is 0.257. The molecule has 0 atom stereocenters. The summed E-state index contributed by atoms with van der Waals surface area (Å²) in [5.74, 6) is 1.82. The summed E-state index contributed by atoms with van der Waals surface area (Å²) in [6, 6.07) is 0. The number of likely N-dealkylation sites (tertiary alicyclic amines) is 1. The molecule has 5 nitrogen and oxygen atoms in total. The minimum atomic E-state index is 0. The number of piperidine rings is 1. The van der Waals surface area contributed by atoms with Gasteiger partial charge in [0.25, 0.3) is 0 Å². The predicted molar refractivity (Wildman–Crippen MR) is 105 cm³/mol. The highest BCUT2D eigenvalue weighted by Gasteiger charge is 2.16. The molecule has 1 fully saturated rings. The second kappa shape index (κ2) is 14.5. The van der Waals surface area contributed by atoms with Gasteiger partial charge in [0.05, 0.1) is 0 Å². The Balaban J connectivity index is 0.00000441. The van der Waals surface area contributed by atoms with Crippen molar-refractivity contribution in [3.05, 3.63) is 0 Å². The number of halogens is 1. The maximum absolute atomic E-state index is 5.33. The van der Waals surface area contributed by atoms with Crippen molar-refractivity contribution in [3.63, 3.8) is 0 Å². The summed E-state index contributed by atoms with van der Waals surface area (Å²) >= 11 is 0. The van der Waals surface area contributed by atoms with E-state index in [1.54, 1.807) is 0 Å². The number of nitrogens with zero attached hydrogens (tertiary/aromatic N) is 2. The van der Waals surface area contributed by atoms with Crippen molar-refractivity contribution < 1.29 is 4.74 Å². The lowest BCUT2D eigenvalue weighted by Gasteiger charge is -2.29. The Morgan fingerprint density at radius 1 is 1.23 bits per heavy atom. The Bertz CT molecular complexity index is 281. The van der Waals surface area contributed by atoms with Gasteiger partial charge >= 0.3 is 0 Å². The average molecular weight is 426 g/mol. The molecule has 0 unspecified atom stereocenters. The molecule has 0 amide bonds. The number of nitrogens with one attached hydrogen (secondary N) is 2. The molecule has 1 rings (SSSR count). The lowest BCUT2D eigenvalue weighted by Crippen LogP contribution is -2.39. The van der Waals surface area contributed by atoms with Crippen molar-refractivity contribution in [3.8, 4) is 0 Å². The Labute approximate surface area is 153 Å². The molecule has 1 heterocycles. The van der Waals surface area contributed by atoms with Crippen LogP contribution < -0.4 is 10.6 Å². The van der Waals surface area contributed by atoms with E-state index in [0.717, 1.165) is 51.1 Å². The molecule has 0 aromatic rings. The molecule has 0 aromatic heterocycles. The summed E-state index contributed by atoms with van der Waals surface area (Å²) < 4.78 is 5.33. The molecule has 0 aromatic carbocycles. The monoisotopic (exact) mass is 426 g/mol. The van der Waals surface area contributed by atoms with E-state index in [1.807, 2.05) is 6.92 Å². The molecular weight excluding hydrogens is 391 g/mol. The van der Waals surface area contributed by atoms with E-state index in [-0.39, 0.29) is 24.0 Å². The number of ether oxygens (including phenoxy) is 1. The van der Waals surface area contributed by atoms with E-state index in [4.69, 9.17) is 4.74 Å². The van der Waals surface area contributed by atoms with Gasteiger partial charge in [-0.25, -0.2) is 0 Å². The average Bonchev–Trinajstić information content (AvgIpc) is 2.49. The van der Waals surface area contributed by atoms with E-state index in [1.165, 1.54) is 32.4 Å². The lowest BCUT2D eigenvalue weighted by atomic mass is 9.94. The summed E-state index contributed by atoms with van der Waals surface area (Å²) in [5, 5.41) is 6.76. The van der Waals surface area contributed by atoms with Crippen LogP contribution in [0, 0.1) is 5.92 Å². The first-order valence-electron chi connectivity index (χ1n) is 8.54. The first kappa shape index (κ1) is 21.9. The van der Waals surface area contributed by atoms with Crippen LogP contribution in [-0.4, -0.2) is 63.8 Å². The minimum absolute atomic E-state index is 0. The Kier molecular flexibility index (Phi) is 14.5.